The number of carbonyl (C=O) groups excluding carboxylic acids is 2. The molecule has 0 saturated heterocycles. The van der Waals surface area contributed by atoms with Crippen molar-refractivity contribution in [2.75, 3.05) is 31.7 Å². The number of rotatable bonds is 3. The minimum atomic E-state index is -4.23. The number of carbonyl (C=O) groups is 2. The van der Waals surface area contributed by atoms with Gasteiger partial charge in [0, 0.05) is 35.5 Å². The number of allylic oxidation sites excluding steroid dienone is 1. The third-order valence-corrected chi connectivity index (χ3v) is 13.2. The first kappa shape index (κ1) is 32.8. The Morgan fingerprint density at radius 3 is 2.78 bits per heavy atom. The zero-order chi connectivity index (χ0) is 32.7. The van der Waals surface area contributed by atoms with Gasteiger partial charge in [0.05, 0.1) is 30.3 Å². The molecule has 11 heteroatoms. The molecule has 2 aliphatic heterocycles. The molecule has 1 spiro atoms. The number of sulfonamides is 1. The first-order chi connectivity index (χ1) is 21.9. The standard InChI is InChI=1S/C35H43ClN2O7S/c1-34(17-14-32(40)44-2)15-4-3-7-30(39)27-11-8-25(27)20-38-21-35(16-5-6-23-18-26(36)10-12-28(23)35)22-45-31-13-9-24(19-29(31)38)33(41)37-46(34,42)43/h3,7,9-10,12-13,18-19,25,27,30,39H,4-6,8,11,14-17,20-22H2,1-2H3,(H,37,41)/b7-3-/t25-,27+,30-,34-,35-/m0/s1. The average Bonchev–Trinajstić information content (AvgIpc) is 3.16. The van der Waals surface area contributed by atoms with Gasteiger partial charge in [-0.05, 0) is 112 Å². The minimum Gasteiger partial charge on any atom is -0.490 e. The van der Waals surface area contributed by atoms with Crippen LogP contribution in [-0.2, 0) is 31.4 Å². The summed E-state index contributed by atoms with van der Waals surface area (Å²) in [6.45, 7) is 3.33. The van der Waals surface area contributed by atoms with Gasteiger partial charge >= 0.3 is 5.97 Å². The topological polar surface area (TPSA) is 122 Å². The van der Waals surface area contributed by atoms with E-state index < -0.39 is 32.8 Å². The van der Waals surface area contributed by atoms with Crippen LogP contribution in [0.1, 0.15) is 79.8 Å². The quantitative estimate of drug-likeness (QED) is 0.332. The van der Waals surface area contributed by atoms with Crippen LogP contribution in [0.3, 0.4) is 0 Å². The van der Waals surface area contributed by atoms with E-state index in [4.69, 9.17) is 21.1 Å². The number of aliphatic hydroxyl groups excluding tert-OH is 1. The van der Waals surface area contributed by atoms with Crippen LogP contribution in [0, 0.1) is 11.8 Å². The largest absolute Gasteiger partial charge is 0.490 e. The van der Waals surface area contributed by atoms with Crippen molar-refractivity contribution in [2.24, 2.45) is 11.8 Å². The molecule has 9 nitrogen and oxygen atoms in total. The van der Waals surface area contributed by atoms with Crippen molar-refractivity contribution in [1.29, 1.82) is 0 Å². The predicted octanol–water partition coefficient (Wildman–Crippen LogP) is 5.32. The van der Waals surface area contributed by atoms with Gasteiger partial charge in [-0.3, -0.25) is 9.59 Å². The highest BCUT2D eigenvalue weighted by molar-refractivity contribution is 7.91. The van der Waals surface area contributed by atoms with E-state index in [0.29, 0.717) is 36.9 Å². The first-order valence-electron chi connectivity index (χ1n) is 16.2. The van der Waals surface area contributed by atoms with Gasteiger partial charge in [0.15, 0.2) is 0 Å². The van der Waals surface area contributed by atoms with Gasteiger partial charge in [-0.2, -0.15) is 0 Å². The Morgan fingerprint density at radius 1 is 1.20 bits per heavy atom. The number of amides is 1. The SMILES string of the molecule is COC(=O)CC[C@]1(C)CC/C=C\[C@H](O)[C@@H]2CC[C@H]2CN2C[C@@]3(CCCc4cc(Cl)ccc43)COc3ccc(cc32)C(=O)NS1(=O)=O. The number of methoxy groups -OCH3 is 1. The number of halogens is 1. The van der Waals surface area contributed by atoms with E-state index >= 15 is 0 Å². The number of aryl methyl sites for hydroxylation is 1. The molecule has 1 saturated carbocycles. The van der Waals surface area contributed by atoms with Crippen LogP contribution in [0.5, 0.6) is 5.75 Å². The smallest absolute Gasteiger partial charge is 0.305 e. The van der Waals surface area contributed by atoms with Gasteiger partial charge in [0.1, 0.15) is 5.75 Å². The van der Waals surface area contributed by atoms with Gasteiger partial charge in [-0.1, -0.05) is 29.8 Å². The van der Waals surface area contributed by atoms with E-state index in [9.17, 15) is 23.1 Å². The molecule has 46 heavy (non-hydrogen) atoms. The predicted molar refractivity (Wildman–Crippen MR) is 177 cm³/mol. The summed E-state index contributed by atoms with van der Waals surface area (Å²) >= 11 is 6.40. The number of ether oxygens (including phenoxy) is 2. The molecule has 0 unspecified atom stereocenters. The Balaban J connectivity index is 1.40. The summed E-state index contributed by atoms with van der Waals surface area (Å²) in [6, 6.07) is 11.2. The molecule has 6 rings (SSSR count). The molecule has 5 atom stereocenters. The maximum atomic E-state index is 13.8. The monoisotopic (exact) mass is 670 g/mol. The van der Waals surface area contributed by atoms with E-state index in [1.54, 1.807) is 31.2 Å². The number of nitrogens with one attached hydrogen (secondary N) is 1. The van der Waals surface area contributed by atoms with Crippen molar-refractivity contribution in [3.8, 4) is 5.75 Å². The van der Waals surface area contributed by atoms with Gasteiger partial charge in [0.2, 0.25) is 10.0 Å². The lowest BCUT2D eigenvalue weighted by Gasteiger charge is -2.45. The molecule has 2 bridgehead atoms. The highest BCUT2D eigenvalue weighted by atomic mass is 35.5. The zero-order valence-electron chi connectivity index (χ0n) is 26.5. The average molecular weight is 671 g/mol. The molecule has 0 radical (unpaired) electrons. The van der Waals surface area contributed by atoms with Crippen LogP contribution in [0.15, 0.2) is 48.6 Å². The molecule has 2 N–H and O–H groups in total. The van der Waals surface area contributed by atoms with Crippen LogP contribution in [-0.4, -0.2) is 63.1 Å². The van der Waals surface area contributed by atoms with Crippen molar-refractivity contribution in [1.82, 2.24) is 4.72 Å². The molecule has 2 aromatic rings. The molecular weight excluding hydrogens is 628 g/mol. The molecule has 1 fully saturated rings. The highest BCUT2D eigenvalue weighted by Gasteiger charge is 2.45. The number of aliphatic hydroxyl groups is 1. The summed E-state index contributed by atoms with van der Waals surface area (Å²) in [5, 5.41) is 11.9. The molecule has 0 aromatic heterocycles. The van der Waals surface area contributed by atoms with E-state index in [-0.39, 0.29) is 42.1 Å². The lowest BCUT2D eigenvalue weighted by atomic mass is 9.68. The number of nitrogens with zero attached hydrogens (tertiary/aromatic N) is 1. The van der Waals surface area contributed by atoms with Gasteiger partial charge in [0.25, 0.3) is 5.91 Å². The maximum absolute atomic E-state index is 13.8. The van der Waals surface area contributed by atoms with E-state index in [0.717, 1.165) is 37.8 Å². The Hall–Kier alpha value is -3.08. The third kappa shape index (κ3) is 6.28. The normalized spacial score (nSPS) is 31.3. The molecule has 2 aliphatic carbocycles. The summed E-state index contributed by atoms with van der Waals surface area (Å²) in [7, 11) is -2.98. The summed E-state index contributed by atoms with van der Waals surface area (Å²) in [6.07, 6.45) is 8.06. The number of hydrogen-bond acceptors (Lipinski definition) is 8. The second-order valence-electron chi connectivity index (χ2n) is 13.7. The second kappa shape index (κ2) is 12.8. The summed E-state index contributed by atoms with van der Waals surface area (Å²) < 4.78 is 39.8. The number of benzene rings is 2. The van der Waals surface area contributed by atoms with Crippen LogP contribution >= 0.6 is 11.6 Å². The Morgan fingerprint density at radius 2 is 2.02 bits per heavy atom. The summed E-state index contributed by atoms with van der Waals surface area (Å²) in [5.74, 6) is -0.330. The fourth-order valence-corrected chi connectivity index (χ4v) is 9.30. The van der Waals surface area contributed by atoms with Crippen LogP contribution in [0.25, 0.3) is 0 Å². The van der Waals surface area contributed by atoms with Crippen molar-refractivity contribution in [2.45, 2.75) is 81.0 Å². The third-order valence-electron chi connectivity index (χ3n) is 10.8. The fraction of sp³-hybridized carbons (Fsp3) is 0.543. The summed E-state index contributed by atoms with van der Waals surface area (Å²) in [4.78, 5) is 27.9. The molecule has 248 valence electrons. The highest BCUT2D eigenvalue weighted by Crippen LogP contribution is 2.47. The second-order valence-corrected chi connectivity index (χ2v) is 16.3. The number of esters is 1. The van der Waals surface area contributed by atoms with E-state index in [1.807, 2.05) is 12.1 Å². The number of fused-ring (bicyclic) bond motifs is 4. The van der Waals surface area contributed by atoms with E-state index in [1.165, 1.54) is 18.2 Å². The minimum absolute atomic E-state index is 0.0239. The Kier molecular flexibility index (Phi) is 9.17. The first-order valence-corrected chi connectivity index (χ1v) is 18.1. The number of hydrogen-bond donors (Lipinski definition) is 2. The number of anilines is 1. The summed E-state index contributed by atoms with van der Waals surface area (Å²) in [5.41, 5.74) is 3.09. The van der Waals surface area contributed by atoms with Gasteiger partial charge in [-0.25, -0.2) is 13.1 Å². The van der Waals surface area contributed by atoms with Crippen molar-refractivity contribution in [3.63, 3.8) is 0 Å². The molecular formula is C35H43ClN2O7S. The molecule has 1 amide bonds. The van der Waals surface area contributed by atoms with Gasteiger partial charge < -0.3 is 19.5 Å². The van der Waals surface area contributed by atoms with Crippen LogP contribution < -0.4 is 14.4 Å². The van der Waals surface area contributed by atoms with Crippen molar-refractivity contribution < 1.29 is 32.6 Å². The Bertz CT molecular complexity index is 1650. The van der Waals surface area contributed by atoms with Gasteiger partial charge in [-0.15, -0.1) is 0 Å². The zero-order valence-corrected chi connectivity index (χ0v) is 28.0. The molecule has 4 aliphatic rings. The Labute approximate surface area is 276 Å². The van der Waals surface area contributed by atoms with Crippen molar-refractivity contribution >= 4 is 39.2 Å². The lowest BCUT2D eigenvalue weighted by Crippen LogP contribution is -2.49. The van der Waals surface area contributed by atoms with Crippen molar-refractivity contribution in [3.05, 3.63) is 70.3 Å². The van der Waals surface area contributed by atoms with Crippen LogP contribution in [0.2, 0.25) is 5.02 Å². The molecule has 2 heterocycles. The lowest BCUT2D eigenvalue weighted by molar-refractivity contribution is -0.140. The maximum Gasteiger partial charge on any atom is 0.305 e. The van der Waals surface area contributed by atoms with E-state index in [2.05, 4.69) is 21.8 Å². The fourth-order valence-electron chi connectivity index (χ4n) is 7.74. The molecule has 2 aromatic carbocycles. The van der Waals surface area contributed by atoms with Crippen LogP contribution in [0.4, 0.5) is 5.69 Å².